The SMILES string of the molecule is CC(NC(=O)c1cn(-c2ncc(F)cc2F)c2nc(N3CCC(O)(CO)CC3)ccc2c1=O)C(F)(F)C(F)(F)F. The van der Waals surface area contributed by atoms with E-state index in [4.69, 9.17) is 0 Å². The van der Waals surface area contributed by atoms with E-state index in [1.54, 1.807) is 4.90 Å². The summed E-state index contributed by atoms with van der Waals surface area (Å²) in [5, 5.41) is 20.8. The van der Waals surface area contributed by atoms with Gasteiger partial charge in [-0.2, -0.15) is 22.0 Å². The van der Waals surface area contributed by atoms with Crippen molar-refractivity contribution in [2.45, 2.75) is 43.5 Å². The molecule has 16 heteroatoms. The van der Waals surface area contributed by atoms with Gasteiger partial charge in [-0.1, -0.05) is 0 Å². The summed E-state index contributed by atoms with van der Waals surface area (Å²) in [6, 6.07) is 0.215. The van der Waals surface area contributed by atoms with E-state index in [1.165, 1.54) is 17.4 Å². The van der Waals surface area contributed by atoms with Crippen LogP contribution in [-0.4, -0.2) is 74.1 Å². The number of fused-ring (bicyclic) bond motifs is 1. The molecule has 4 heterocycles. The molecule has 0 spiro atoms. The van der Waals surface area contributed by atoms with Crippen molar-refractivity contribution in [2.24, 2.45) is 0 Å². The zero-order valence-corrected chi connectivity index (χ0v) is 20.6. The van der Waals surface area contributed by atoms with Gasteiger partial charge in [0.05, 0.1) is 29.8 Å². The van der Waals surface area contributed by atoms with E-state index in [9.17, 15) is 50.5 Å². The van der Waals surface area contributed by atoms with Crippen molar-refractivity contribution in [3.63, 3.8) is 0 Å². The second-order valence-electron chi connectivity index (χ2n) is 9.43. The number of hydrogen-bond acceptors (Lipinski definition) is 7. The van der Waals surface area contributed by atoms with Gasteiger partial charge >= 0.3 is 12.1 Å². The highest BCUT2D eigenvalue weighted by atomic mass is 19.4. The number of amides is 1. The fraction of sp³-hybridized carbons (Fsp3) is 0.417. The number of nitrogens with zero attached hydrogens (tertiary/aromatic N) is 4. The lowest BCUT2D eigenvalue weighted by molar-refractivity contribution is -0.290. The van der Waals surface area contributed by atoms with Gasteiger partial charge in [0.25, 0.3) is 5.91 Å². The van der Waals surface area contributed by atoms with Crippen molar-refractivity contribution in [2.75, 3.05) is 24.6 Å². The first-order valence-electron chi connectivity index (χ1n) is 11.8. The van der Waals surface area contributed by atoms with Crippen LogP contribution in [0.15, 0.2) is 35.4 Å². The number of aromatic nitrogens is 3. The molecule has 0 radical (unpaired) electrons. The Hall–Kier alpha value is -3.79. The fourth-order valence-electron chi connectivity index (χ4n) is 4.20. The first kappa shape index (κ1) is 29.2. The summed E-state index contributed by atoms with van der Waals surface area (Å²) < 4.78 is 94.8. The average Bonchev–Trinajstić information content (AvgIpc) is 2.89. The molecule has 40 heavy (non-hydrogen) atoms. The van der Waals surface area contributed by atoms with Crippen LogP contribution in [0.25, 0.3) is 16.9 Å². The van der Waals surface area contributed by atoms with Crippen molar-refractivity contribution in [3.05, 3.63) is 58.0 Å². The molecule has 1 aliphatic rings. The van der Waals surface area contributed by atoms with Crippen molar-refractivity contribution >= 4 is 22.8 Å². The van der Waals surface area contributed by atoms with Crippen molar-refractivity contribution in [1.29, 1.82) is 0 Å². The van der Waals surface area contributed by atoms with Gasteiger partial charge in [0.15, 0.2) is 17.3 Å². The summed E-state index contributed by atoms with van der Waals surface area (Å²) in [4.78, 5) is 35.6. The topological polar surface area (TPSA) is 121 Å². The molecule has 1 atom stereocenters. The predicted octanol–water partition coefficient (Wildman–Crippen LogP) is 2.70. The number of carbonyl (C=O) groups excluding carboxylic acids is 1. The van der Waals surface area contributed by atoms with Crippen molar-refractivity contribution in [3.8, 4) is 5.82 Å². The summed E-state index contributed by atoms with van der Waals surface area (Å²) in [5.74, 6) is -9.68. The molecule has 1 aliphatic heterocycles. The molecule has 4 rings (SSSR count). The Morgan fingerprint density at radius 3 is 2.40 bits per heavy atom. The van der Waals surface area contributed by atoms with Gasteiger partial charge in [-0.3, -0.25) is 14.2 Å². The van der Waals surface area contributed by atoms with Gasteiger partial charge in [0.1, 0.15) is 17.2 Å². The van der Waals surface area contributed by atoms with Crippen LogP contribution in [0.2, 0.25) is 0 Å². The predicted molar refractivity (Wildman–Crippen MR) is 126 cm³/mol. The highest BCUT2D eigenvalue weighted by Crippen LogP contribution is 2.38. The number of hydrogen-bond donors (Lipinski definition) is 3. The molecule has 3 N–H and O–H groups in total. The van der Waals surface area contributed by atoms with E-state index in [0.29, 0.717) is 25.4 Å². The Morgan fingerprint density at radius 2 is 1.82 bits per heavy atom. The molecule has 1 fully saturated rings. The van der Waals surface area contributed by atoms with Crippen LogP contribution in [0.5, 0.6) is 0 Å². The molecule has 1 amide bonds. The Labute approximate surface area is 220 Å². The van der Waals surface area contributed by atoms with Crippen LogP contribution in [0, 0.1) is 11.6 Å². The second-order valence-corrected chi connectivity index (χ2v) is 9.43. The highest BCUT2D eigenvalue weighted by molar-refractivity contribution is 5.97. The molecule has 3 aromatic heterocycles. The third kappa shape index (κ3) is 5.32. The molecule has 0 aliphatic carbocycles. The van der Waals surface area contributed by atoms with Gasteiger partial charge in [0, 0.05) is 25.4 Å². The van der Waals surface area contributed by atoms with E-state index in [0.717, 1.165) is 4.57 Å². The van der Waals surface area contributed by atoms with Gasteiger partial charge in [-0.15, -0.1) is 0 Å². The van der Waals surface area contributed by atoms with Crippen LogP contribution < -0.4 is 15.6 Å². The van der Waals surface area contributed by atoms with Gasteiger partial charge < -0.3 is 20.4 Å². The van der Waals surface area contributed by atoms with E-state index in [-0.39, 0.29) is 42.8 Å². The van der Waals surface area contributed by atoms with E-state index in [1.807, 2.05) is 0 Å². The maximum absolute atomic E-state index is 14.8. The zero-order chi connectivity index (χ0) is 29.6. The second kappa shape index (κ2) is 10.3. The summed E-state index contributed by atoms with van der Waals surface area (Å²) >= 11 is 0. The minimum Gasteiger partial charge on any atom is -0.393 e. The molecule has 3 aromatic rings. The average molecular weight is 577 g/mol. The molecule has 0 bridgehead atoms. The highest BCUT2D eigenvalue weighted by Gasteiger charge is 2.61. The first-order chi connectivity index (χ1) is 18.6. The number of pyridine rings is 3. The summed E-state index contributed by atoms with van der Waals surface area (Å²) in [5.41, 5.74) is -3.61. The molecule has 216 valence electrons. The number of rotatable bonds is 6. The maximum Gasteiger partial charge on any atom is 0.455 e. The number of piperidine rings is 1. The Balaban J connectivity index is 1.83. The zero-order valence-electron chi connectivity index (χ0n) is 20.6. The number of nitrogens with one attached hydrogen (secondary N) is 1. The standard InChI is InChI=1S/C24H22F7N5O4/c1-12(23(27,28)24(29,30)31)33-21(39)15-10-36(20-16(26)8-13(25)9-32-20)19-14(18(15)38)2-3-17(34-19)35-6-4-22(40,11-37)5-7-35/h2-3,8-10,12,37,40H,4-7,11H2,1H3,(H,33,39). The molecule has 1 saturated heterocycles. The van der Waals surface area contributed by atoms with Gasteiger partial charge in [-0.05, 0) is 31.9 Å². The van der Waals surface area contributed by atoms with Crippen LogP contribution in [0.4, 0.5) is 36.6 Å². The van der Waals surface area contributed by atoms with E-state index >= 15 is 0 Å². The molecule has 9 nitrogen and oxygen atoms in total. The molecular formula is C24H22F7N5O4. The van der Waals surface area contributed by atoms with Crippen molar-refractivity contribution < 1.29 is 45.7 Å². The largest absolute Gasteiger partial charge is 0.455 e. The number of aliphatic hydroxyl groups is 2. The van der Waals surface area contributed by atoms with Crippen LogP contribution in [0.3, 0.4) is 0 Å². The Bertz CT molecular complexity index is 1500. The quantitative estimate of drug-likeness (QED) is 0.386. The molecule has 1 unspecified atom stereocenters. The Kier molecular flexibility index (Phi) is 7.53. The third-order valence-corrected chi connectivity index (χ3v) is 6.68. The fourth-order valence-corrected chi connectivity index (χ4v) is 4.20. The monoisotopic (exact) mass is 577 g/mol. The van der Waals surface area contributed by atoms with Gasteiger partial charge in [-0.25, -0.2) is 18.7 Å². The van der Waals surface area contributed by atoms with E-state index < -0.39 is 64.7 Å². The third-order valence-electron chi connectivity index (χ3n) is 6.68. The van der Waals surface area contributed by atoms with Crippen LogP contribution in [0.1, 0.15) is 30.1 Å². The first-order valence-corrected chi connectivity index (χ1v) is 11.8. The number of anilines is 1. The molecular weight excluding hydrogens is 555 g/mol. The number of halogens is 7. The Morgan fingerprint density at radius 1 is 1.18 bits per heavy atom. The minimum absolute atomic E-state index is 0.171. The summed E-state index contributed by atoms with van der Waals surface area (Å²) in [6.07, 6.45) is -4.36. The van der Waals surface area contributed by atoms with Gasteiger partial charge in [0.2, 0.25) is 5.43 Å². The molecule has 0 aromatic carbocycles. The lowest BCUT2D eigenvalue weighted by Gasteiger charge is -2.37. The van der Waals surface area contributed by atoms with E-state index in [2.05, 4.69) is 9.97 Å². The lowest BCUT2D eigenvalue weighted by Crippen LogP contribution is -2.54. The molecule has 0 saturated carbocycles. The summed E-state index contributed by atoms with van der Waals surface area (Å²) in [7, 11) is 0. The maximum atomic E-state index is 14.8. The number of alkyl halides is 5. The van der Waals surface area contributed by atoms with Crippen LogP contribution in [-0.2, 0) is 0 Å². The lowest BCUT2D eigenvalue weighted by atomic mass is 9.92. The summed E-state index contributed by atoms with van der Waals surface area (Å²) in [6.45, 7) is 0.402. The smallest absolute Gasteiger partial charge is 0.393 e. The normalized spacial score (nSPS) is 16.7. The van der Waals surface area contributed by atoms with Crippen LogP contribution >= 0.6 is 0 Å². The minimum atomic E-state index is -5.99. The van der Waals surface area contributed by atoms with Crippen molar-refractivity contribution in [1.82, 2.24) is 19.9 Å². The number of aliphatic hydroxyl groups excluding tert-OH is 1. The number of carbonyl (C=O) groups is 1.